The number of sulfone groups is 1. The van der Waals surface area contributed by atoms with E-state index in [2.05, 4.69) is 5.32 Å². The van der Waals surface area contributed by atoms with E-state index < -0.39 is 9.84 Å². The molecule has 0 spiro atoms. The van der Waals surface area contributed by atoms with Crippen molar-refractivity contribution in [3.05, 3.63) is 29.8 Å². The van der Waals surface area contributed by atoms with Crippen LogP contribution in [-0.2, 0) is 25.8 Å². The van der Waals surface area contributed by atoms with E-state index >= 15 is 0 Å². The normalized spacial score (nSPS) is 18.6. The molecule has 1 fully saturated rings. The molecular formula is C17H24N2O5S. The Morgan fingerprint density at radius 2 is 1.92 bits per heavy atom. The monoisotopic (exact) mass is 368 g/mol. The highest BCUT2D eigenvalue weighted by atomic mass is 32.2. The van der Waals surface area contributed by atoms with Gasteiger partial charge in [-0.25, -0.2) is 13.2 Å². The number of urea groups is 1. The maximum atomic E-state index is 12.4. The first-order valence-corrected chi connectivity index (χ1v) is 10.2. The minimum Gasteiger partial charge on any atom is -0.466 e. The number of carbonyl (C=O) groups excluding carboxylic acids is 2. The SMILES string of the molecule is CCOC(=O)Cc1ccc(NC(=O)N(CC)C2CCS(=O)(=O)C2)cc1. The van der Waals surface area contributed by atoms with Gasteiger partial charge in [0.05, 0.1) is 24.5 Å². The first-order chi connectivity index (χ1) is 11.8. The fraction of sp³-hybridized carbons (Fsp3) is 0.529. The van der Waals surface area contributed by atoms with Crippen molar-refractivity contribution < 1.29 is 22.7 Å². The van der Waals surface area contributed by atoms with Crippen molar-refractivity contribution in [2.75, 3.05) is 30.0 Å². The number of esters is 1. The maximum absolute atomic E-state index is 12.4. The quantitative estimate of drug-likeness (QED) is 0.774. The Morgan fingerprint density at radius 1 is 1.24 bits per heavy atom. The van der Waals surface area contributed by atoms with E-state index in [9.17, 15) is 18.0 Å². The zero-order chi connectivity index (χ0) is 18.4. The van der Waals surface area contributed by atoms with Gasteiger partial charge < -0.3 is 15.0 Å². The van der Waals surface area contributed by atoms with Crippen molar-refractivity contribution in [1.82, 2.24) is 4.90 Å². The predicted molar refractivity (Wildman–Crippen MR) is 95.2 cm³/mol. The minimum absolute atomic E-state index is 0.0206. The summed E-state index contributed by atoms with van der Waals surface area (Å²) >= 11 is 0. The molecule has 8 heteroatoms. The third-order valence-corrected chi connectivity index (χ3v) is 5.86. The van der Waals surface area contributed by atoms with Crippen LogP contribution in [0.2, 0.25) is 0 Å². The van der Waals surface area contributed by atoms with Crippen molar-refractivity contribution in [3.63, 3.8) is 0 Å². The summed E-state index contributed by atoms with van der Waals surface area (Å²) in [5.41, 5.74) is 1.39. The second kappa shape index (κ2) is 8.33. The van der Waals surface area contributed by atoms with E-state index in [0.717, 1.165) is 5.56 Å². The third-order valence-electron chi connectivity index (χ3n) is 4.11. The number of amides is 2. The van der Waals surface area contributed by atoms with Crippen molar-refractivity contribution >= 4 is 27.5 Å². The first kappa shape index (κ1) is 19.2. The summed E-state index contributed by atoms with van der Waals surface area (Å²) in [7, 11) is -3.04. The zero-order valence-electron chi connectivity index (χ0n) is 14.5. The Labute approximate surface area is 148 Å². The van der Waals surface area contributed by atoms with E-state index in [-0.39, 0.29) is 36.0 Å². The molecule has 0 radical (unpaired) electrons. The standard InChI is InChI=1S/C17H24N2O5S/c1-3-19(15-9-10-25(22,23)12-15)17(21)18-14-7-5-13(6-8-14)11-16(20)24-4-2/h5-8,15H,3-4,9-12H2,1-2H3,(H,18,21). The Balaban J connectivity index is 1.96. The van der Waals surface area contributed by atoms with Crippen LogP contribution >= 0.6 is 0 Å². The lowest BCUT2D eigenvalue weighted by Crippen LogP contribution is -2.43. The summed E-state index contributed by atoms with van der Waals surface area (Å²) in [6.07, 6.45) is 0.658. The van der Waals surface area contributed by atoms with E-state index in [4.69, 9.17) is 4.74 Å². The molecule has 1 N–H and O–H groups in total. The summed E-state index contributed by atoms with van der Waals surface area (Å²) in [5, 5.41) is 2.78. The van der Waals surface area contributed by atoms with Crippen LogP contribution in [0, 0.1) is 0 Å². The zero-order valence-corrected chi connectivity index (χ0v) is 15.3. The van der Waals surface area contributed by atoms with Crippen LogP contribution in [0.15, 0.2) is 24.3 Å². The number of nitrogens with zero attached hydrogens (tertiary/aromatic N) is 1. The van der Waals surface area contributed by atoms with Gasteiger partial charge in [0.25, 0.3) is 0 Å². The van der Waals surface area contributed by atoms with E-state index in [1.54, 1.807) is 36.1 Å². The summed E-state index contributed by atoms with van der Waals surface area (Å²) in [6.45, 7) is 4.36. The highest BCUT2D eigenvalue weighted by molar-refractivity contribution is 7.91. The van der Waals surface area contributed by atoms with Gasteiger partial charge in [0, 0.05) is 18.3 Å². The van der Waals surface area contributed by atoms with Gasteiger partial charge in [0.2, 0.25) is 0 Å². The second-order valence-corrected chi connectivity index (χ2v) is 8.18. The van der Waals surface area contributed by atoms with Crippen molar-refractivity contribution in [2.45, 2.75) is 32.7 Å². The fourth-order valence-electron chi connectivity index (χ4n) is 2.87. The Kier molecular flexibility index (Phi) is 6.41. The van der Waals surface area contributed by atoms with E-state index in [0.29, 0.717) is 25.3 Å². The molecule has 1 aliphatic rings. The Bertz CT molecular complexity index is 715. The van der Waals surface area contributed by atoms with Gasteiger partial charge in [0.1, 0.15) is 0 Å². The number of nitrogens with one attached hydrogen (secondary N) is 1. The summed E-state index contributed by atoms with van der Waals surface area (Å²) in [6, 6.07) is 6.34. The van der Waals surface area contributed by atoms with Gasteiger partial charge >= 0.3 is 12.0 Å². The van der Waals surface area contributed by atoms with E-state index in [1.807, 2.05) is 6.92 Å². The molecule has 1 aliphatic heterocycles. The van der Waals surface area contributed by atoms with E-state index in [1.165, 1.54) is 0 Å². The number of hydrogen-bond acceptors (Lipinski definition) is 5. The van der Waals surface area contributed by atoms with Gasteiger partial charge in [-0.1, -0.05) is 12.1 Å². The van der Waals surface area contributed by atoms with Crippen LogP contribution in [0.4, 0.5) is 10.5 Å². The lowest BCUT2D eigenvalue weighted by atomic mass is 10.1. The number of anilines is 1. The van der Waals surface area contributed by atoms with Gasteiger partial charge in [-0.15, -0.1) is 0 Å². The number of rotatable bonds is 6. The van der Waals surface area contributed by atoms with Gasteiger partial charge in [-0.3, -0.25) is 4.79 Å². The number of hydrogen-bond donors (Lipinski definition) is 1. The molecule has 2 amide bonds. The molecule has 0 bridgehead atoms. The van der Waals surface area contributed by atoms with Gasteiger partial charge in [-0.05, 0) is 38.0 Å². The summed E-state index contributed by atoms with van der Waals surface area (Å²) in [5.74, 6) is -0.143. The molecule has 1 aromatic rings. The highest BCUT2D eigenvalue weighted by Crippen LogP contribution is 2.19. The number of carbonyl (C=O) groups is 2. The summed E-state index contributed by atoms with van der Waals surface area (Å²) in [4.78, 5) is 25.4. The van der Waals surface area contributed by atoms with Crippen molar-refractivity contribution in [1.29, 1.82) is 0 Å². The molecule has 1 heterocycles. The molecule has 25 heavy (non-hydrogen) atoms. The predicted octanol–water partition coefficient (Wildman–Crippen LogP) is 1.83. The molecule has 1 aromatic carbocycles. The third kappa shape index (κ3) is 5.45. The molecule has 1 saturated heterocycles. The Morgan fingerprint density at radius 3 is 2.44 bits per heavy atom. The van der Waals surface area contributed by atoms with Gasteiger partial charge in [0.15, 0.2) is 9.84 Å². The molecular weight excluding hydrogens is 344 g/mol. The van der Waals surface area contributed by atoms with Crippen molar-refractivity contribution in [3.8, 4) is 0 Å². The second-order valence-electron chi connectivity index (χ2n) is 5.95. The topological polar surface area (TPSA) is 92.8 Å². The van der Waals surface area contributed by atoms with Gasteiger partial charge in [-0.2, -0.15) is 0 Å². The molecule has 7 nitrogen and oxygen atoms in total. The average molecular weight is 368 g/mol. The lowest BCUT2D eigenvalue weighted by molar-refractivity contribution is -0.142. The highest BCUT2D eigenvalue weighted by Gasteiger charge is 2.33. The molecule has 2 rings (SSSR count). The fourth-order valence-corrected chi connectivity index (χ4v) is 4.60. The smallest absolute Gasteiger partial charge is 0.322 e. The molecule has 0 aliphatic carbocycles. The van der Waals surface area contributed by atoms with Crippen LogP contribution in [0.1, 0.15) is 25.8 Å². The van der Waals surface area contributed by atoms with Crippen LogP contribution in [0.3, 0.4) is 0 Å². The molecule has 0 saturated carbocycles. The van der Waals surface area contributed by atoms with Crippen LogP contribution in [-0.4, -0.2) is 56.0 Å². The number of benzene rings is 1. The summed E-state index contributed by atoms with van der Waals surface area (Å²) < 4.78 is 28.1. The van der Waals surface area contributed by atoms with Crippen LogP contribution in [0.5, 0.6) is 0 Å². The molecule has 138 valence electrons. The molecule has 1 atom stereocenters. The lowest BCUT2D eigenvalue weighted by Gasteiger charge is -2.27. The molecule has 1 unspecified atom stereocenters. The first-order valence-electron chi connectivity index (χ1n) is 8.37. The number of ether oxygens (including phenoxy) is 1. The minimum atomic E-state index is -3.04. The van der Waals surface area contributed by atoms with Crippen LogP contribution in [0.25, 0.3) is 0 Å². The largest absolute Gasteiger partial charge is 0.466 e. The maximum Gasteiger partial charge on any atom is 0.322 e. The average Bonchev–Trinajstić information content (AvgIpc) is 2.90. The molecule has 0 aromatic heterocycles. The Hall–Kier alpha value is -2.09. The van der Waals surface area contributed by atoms with Crippen LogP contribution < -0.4 is 5.32 Å². The van der Waals surface area contributed by atoms with Crippen molar-refractivity contribution in [2.24, 2.45) is 0 Å².